The summed E-state index contributed by atoms with van der Waals surface area (Å²) >= 11 is 0. The molecular weight excluding hydrogens is 502 g/mol. The number of hydrogen-bond donors (Lipinski definition) is 0. The summed E-state index contributed by atoms with van der Waals surface area (Å²) in [6.45, 7) is 4.38. The van der Waals surface area contributed by atoms with Crippen LogP contribution in [0.2, 0.25) is 0 Å². The normalized spacial score (nSPS) is 15.8. The lowest BCUT2D eigenvalue weighted by atomic mass is 9.92. The zero-order chi connectivity index (χ0) is 27.2. The Morgan fingerprint density at radius 3 is 2.20 bits per heavy atom. The molecule has 3 nitrogen and oxygen atoms in total. The van der Waals surface area contributed by atoms with E-state index in [0.29, 0.717) is 5.92 Å². The third kappa shape index (κ3) is 3.20. The Balaban J connectivity index is 1.43. The van der Waals surface area contributed by atoms with E-state index < -0.39 is 0 Å². The summed E-state index contributed by atoms with van der Waals surface area (Å²) in [5.74, 6) is 0.538. The van der Waals surface area contributed by atoms with Gasteiger partial charge in [-0.25, -0.2) is 0 Å². The van der Waals surface area contributed by atoms with Crippen LogP contribution in [-0.4, -0.2) is 4.57 Å². The molecule has 0 saturated carbocycles. The van der Waals surface area contributed by atoms with Crippen molar-refractivity contribution in [3.8, 4) is 5.69 Å². The fourth-order valence-corrected chi connectivity index (χ4v) is 6.77. The third-order valence-corrected chi connectivity index (χ3v) is 8.79. The van der Waals surface area contributed by atoms with E-state index in [1.807, 2.05) is 0 Å². The second-order valence-electron chi connectivity index (χ2n) is 11.5. The summed E-state index contributed by atoms with van der Waals surface area (Å²) < 4.78 is 15.4. The van der Waals surface area contributed by atoms with Crippen LogP contribution in [0.15, 0.2) is 118 Å². The molecule has 0 spiro atoms. The summed E-state index contributed by atoms with van der Waals surface area (Å²) in [7, 11) is 0. The van der Waals surface area contributed by atoms with Crippen LogP contribution < -0.4 is 0 Å². The van der Waals surface area contributed by atoms with Gasteiger partial charge in [0.2, 0.25) is 0 Å². The van der Waals surface area contributed by atoms with Crippen LogP contribution in [0.3, 0.4) is 0 Å². The molecule has 1 atom stereocenters. The van der Waals surface area contributed by atoms with Crippen molar-refractivity contribution in [2.45, 2.75) is 20.3 Å². The molecule has 1 aliphatic rings. The zero-order valence-corrected chi connectivity index (χ0v) is 22.9. The van der Waals surface area contributed by atoms with Gasteiger partial charge >= 0.3 is 0 Å². The van der Waals surface area contributed by atoms with Gasteiger partial charge in [0.05, 0.1) is 22.1 Å². The van der Waals surface area contributed by atoms with E-state index in [-0.39, 0.29) is 0 Å². The van der Waals surface area contributed by atoms with Crippen molar-refractivity contribution in [1.29, 1.82) is 0 Å². The Bertz CT molecular complexity index is 2370. The summed E-state index contributed by atoms with van der Waals surface area (Å²) in [5, 5.41) is 6.87. The topological polar surface area (TPSA) is 31.2 Å². The molecule has 8 aromatic rings. The van der Waals surface area contributed by atoms with Crippen LogP contribution in [-0.2, 0) is 0 Å². The highest BCUT2D eigenvalue weighted by atomic mass is 16.3. The highest BCUT2D eigenvalue weighted by molar-refractivity contribution is 6.22. The van der Waals surface area contributed by atoms with Gasteiger partial charge in [-0.1, -0.05) is 73.2 Å². The molecule has 0 amide bonds. The number of para-hydroxylation sites is 2. The monoisotopic (exact) mass is 529 g/mol. The molecule has 1 aliphatic carbocycles. The van der Waals surface area contributed by atoms with Crippen molar-refractivity contribution in [1.82, 2.24) is 4.57 Å². The molecule has 3 aromatic heterocycles. The summed E-state index contributed by atoms with van der Waals surface area (Å²) in [5.41, 5.74) is 10.7. The molecule has 5 aromatic carbocycles. The number of aryl methyl sites for hydroxylation is 1. The zero-order valence-electron chi connectivity index (χ0n) is 22.9. The average molecular weight is 530 g/mol. The lowest BCUT2D eigenvalue weighted by Crippen LogP contribution is -2.01. The van der Waals surface area contributed by atoms with Crippen molar-refractivity contribution in [2.24, 2.45) is 5.92 Å². The number of allylic oxidation sites excluding steroid dienone is 4. The fourth-order valence-electron chi connectivity index (χ4n) is 6.77. The molecule has 0 radical (unpaired) electrons. The maximum atomic E-state index is 6.75. The average Bonchev–Trinajstić information content (AvgIpc) is 3.65. The molecule has 0 saturated heterocycles. The Kier molecular flexibility index (Phi) is 4.58. The first-order valence-electron chi connectivity index (χ1n) is 14.3. The number of aromatic nitrogens is 1. The van der Waals surface area contributed by atoms with Crippen LogP contribution in [0.5, 0.6) is 0 Å². The highest BCUT2D eigenvalue weighted by Crippen LogP contribution is 2.43. The van der Waals surface area contributed by atoms with Crippen LogP contribution >= 0.6 is 0 Å². The van der Waals surface area contributed by atoms with Crippen molar-refractivity contribution >= 4 is 71.3 Å². The van der Waals surface area contributed by atoms with Crippen LogP contribution in [0.25, 0.3) is 76.9 Å². The van der Waals surface area contributed by atoms with Crippen LogP contribution in [0.1, 0.15) is 24.5 Å². The summed E-state index contributed by atoms with van der Waals surface area (Å²) in [6.07, 6.45) is 7.99. The molecule has 9 rings (SSSR count). The third-order valence-electron chi connectivity index (χ3n) is 8.79. The number of hydrogen-bond acceptors (Lipinski definition) is 2. The van der Waals surface area contributed by atoms with Gasteiger partial charge in [0.25, 0.3) is 0 Å². The van der Waals surface area contributed by atoms with Crippen LogP contribution in [0.4, 0.5) is 0 Å². The number of benzene rings is 5. The van der Waals surface area contributed by atoms with Gasteiger partial charge < -0.3 is 13.4 Å². The standard InChI is InChI=1S/C38H27NO2/c1-22-11-14-24(15-12-22)28-21-36-29(20-33(28)39-31-9-5-3-7-25(31)26-8-4-6-10-32(26)39)27-16-18-35-37(38(27)41-36)30-19-23(2)13-17-34(30)40-35/h3-11,13-22H,12H2,1-2H3. The van der Waals surface area contributed by atoms with Crippen molar-refractivity contribution in [3.05, 3.63) is 120 Å². The molecule has 0 bridgehead atoms. The maximum absolute atomic E-state index is 6.75. The lowest BCUT2D eigenvalue weighted by molar-refractivity contribution is 0.662. The smallest absolute Gasteiger partial charge is 0.147 e. The van der Waals surface area contributed by atoms with Gasteiger partial charge in [-0.05, 0) is 73.4 Å². The molecule has 41 heavy (non-hydrogen) atoms. The van der Waals surface area contributed by atoms with E-state index in [0.717, 1.165) is 56.0 Å². The van der Waals surface area contributed by atoms with Gasteiger partial charge in [-0.3, -0.25) is 0 Å². The molecule has 3 heteroatoms. The molecule has 0 N–H and O–H groups in total. The number of furan rings is 2. The molecule has 0 aliphatic heterocycles. The van der Waals surface area contributed by atoms with Crippen LogP contribution in [0, 0.1) is 12.8 Å². The summed E-state index contributed by atoms with van der Waals surface area (Å²) in [6, 6.07) is 32.6. The molecule has 196 valence electrons. The quantitative estimate of drug-likeness (QED) is 0.223. The Labute approximate surface area is 236 Å². The minimum absolute atomic E-state index is 0.538. The predicted molar refractivity (Wildman–Crippen MR) is 171 cm³/mol. The van der Waals surface area contributed by atoms with Gasteiger partial charge in [0.1, 0.15) is 22.3 Å². The molecule has 0 fully saturated rings. The van der Waals surface area contributed by atoms with E-state index in [1.165, 1.54) is 38.5 Å². The Hall–Kier alpha value is -5.02. The second kappa shape index (κ2) is 8.25. The van der Waals surface area contributed by atoms with Crippen molar-refractivity contribution in [3.63, 3.8) is 0 Å². The van der Waals surface area contributed by atoms with Crippen molar-refractivity contribution in [2.75, 3.05) is 0 Å². The largest absolute Gasteiger partial charge is 0.456 e. The Morgan fingerprint density at radius 2 is 1.44 bits per heavy atom. The second-order valence-corrected chi connectivity index (χ2v) is 11.5. The SMILES string of the molecule is Cc1ccc2oc3ccc4c5cc(-n6c7ccccc7c7ccccc76)c(C6=CCC(C)C=C6)cc5oc4c3c2c1. The first-order valence-corrected chi connectivity index (χ1v) is 14.3. The minimum Gasteiger partial charge on any atom is -0.456 e. The van der Waals surface area contributed by atoms with E-state index in [1.54, 1.807) is 0 Å². The van der Waals surface area contributed by atoms with E-state index in [2.05, 4.69) is 128 Å². The number of rotatable bonds is 2. The highest BCUT2D eigenvalue weighted by Gasteiger charge is 2.22. The van der Waals surface area contributed by atoms with Gasteiger partial charge in [-0.15, -0.1) is 0 Å². The minimum atomic E-state index is 0.538. The molecule has 1 unspecified atom stereocenters. The Morgan fingerprint density at radius 1 is 0.683 bits per heavy atom. The van der Waals surface area contributed by atoms with E-state index in [9.17, 15) is 0 Å². The maximum Gasteiger partial charge on any atom is 0.147 e. The van der Waals surface area contributed by atoms with E-state index >= 15 is 0 Å². The van der Waals surface area contributed by atoms with Gasteiger partial charge in [0.15, 0.2) is 0 Å². The van der Waals surface area contributed by atoms with Gasteiger partial charge in [-0.2, -0.15) is 0 Å². The molecule has 3 heterocycles. The lowest BCUT2D eigenvalue weighted by Gasteiger charge is -2.18. The summed E-state index contributed by atoms with van der Waals surface area (Å²) in [4.78, 5) is 0. The van der Waals surface area contributed by atoms with Gasteiger partial charge in [0, 0.05) is 32.5 Å². The number of fused-ring (bicyclic) bond motifs is 10. The first kappa shape index (κ1) is 22.8. The number of nitrogens with zero attached hydrogens (tertiary/aromatic N) is 1. The first-order chi connectivity index (χ1) is 20.1. The predicted octanol–water partition coefficient (Wildman–Crippen LogP) is 10.9. The van der Waals surface area contributed by atoms with Crippen molar-refractivity contribution < 1.29 is 8.83 Å². The molecular formula is C38H27NO2. The van der Waals surface area contributed by atoms with E-state index in [4.69, 9.17) is 8.83 Å². The fraction of sp³-hybridized carbons (Fsp3) is 0.105.